The number of fused-ring (bicyclic) bond motifs is 1. The number of nitrogens with zero attached hydrogens (tertiary/aromatic N) is 3. The smallest absolute Gasteiger partial charge is 0.220 e. The number of nitrogens with two attached hydrogens (primary N) is 1. The average molecular weight is 398 g/mol. The van der Waals surface area contributed by atoms with E-state index in [9.17, 15) is 0 Å². The highest BCUT2D eigenvalue weighted by Gasteiger charge is 2.15. The second-order valence-corrected chi connectivity index (χ2v) is 7.23. The van der Waals surface area contributed by atoms with Gasteiger partial charge in [-0.3, -0.25) is 5.10 Å². The molecule has 2 aromatic heterocycles. The summed E-state index contributed by atoms with van der Waals surface area (Å²) in [5.74, 6) is 0.262. The number of morpholine rings is 1. The number of aromatic amines is 1. The van der Waals surface area contributed by atoms with Crippen LogP contribution in [0.1, 0.15) is 22.9 Å². The first-order chi connectivity index (χ1) is 14.8. The lowest BCUT2D eigenvalue weighted by molar-refractivity contribution is 0.0277. The minimum atomic E-state index is 0.131. The molecule has 1 saturated heterocycles. The Balaban J connectivity index is 1.35. The average Bonchev–Trinajstić information content (AvgIpc) is 3.21. The molecule has 1 fully saturated rings. The molecular formula is C23H22N6O. The molecule has 0 saturated carbocycles. The van der Waals surface area contributed by atoms with E-state index in [1.165, 1.54) is 5.56 Å². The van der Waals surface area contributed by atoms with Gasteiger partial charge in [-0.05, 0) is 35.4 Å². The van der Waals surface area contributed by atoms with Crippen molar-refractivity contribution in [2.45, 2.75) is 6.10 Å². The summed E-state index contributed by atoms with van der Waals surface area (Å²) in [6.45, 7) is 2.53. The standard InChI is InChI=1S/C23H22N6O/c24-23-26-10-9-19(27-23)17-6-7-18-20(28-29-21(18)13-17)8-3-15-1-4-16(5-2-15)22-14-25-11-12-30-22/h1-10,13,22,25H,11-12,14H2,(H,28,29)(H2,24,26,27)/b8-3+. The van der Waals surface area contributed by atoms with E-state index >= 15 is 0 Å². The van der Waals surface area contributed by atoms with Crippen molar-refractivity contribution in [2.24, 2.45) is 0 Å². The summed E-state index contributed by atoms with van der Waals surface area (Å²) >= 11 is 0. The SMILES string of the molecule is Nc1nccc(-c2ccc3c(/C=C/c4ccc(C5CNCCO5)cc4)n[nH]c3c2)n1. The van der Waals surface area contributed by atoms with Crippen LogP contribution in [0.3, 0.4) is 0 Å². The van der Waals surface area contributed by atoms with Gasteiger partial charge in [0.15, 0.2) is 0 Å². The van der Waals surface area contributed by atoms with Crippen LogP contribution in [0.2, 0.25) is 0 Å². The van der Waals surface area contributed by atoms with Crippen LogP contribution in [0.15, 0.2) is 54.7 Å². The molecule has 1 aliphatic rings. The molecule has 0 spiro atoms. The Morgan fingerprint density at radius 2 is 1.97 bits per heavy atom. The fourth-order valence-electron chi connectivity index (χ4n) is 3.64. The van der Waals surface area contributed by atoms with E-state index in [0.29, 0.717) is 0 Å². The van der Waals surface area contributed by atoms with E-state index in [1.54, 1.807) is 6.20 Å². The van der Waals surface area contributed by atoms with Gasteiger partial charge in [0.2, 0.25) is 5.95 Å². The summed E-state index contributed by atoms with van der Waals surface area (Å²) in [7, 11) is 0. The molecule has 150 valence electrons. The number of nitrogen functional groups attached to an aromatic ring is 1. The predicted octanol–water partition coefficient (Wildman–Crippen LogP) is 3.43. The molecule has 0 radical (unpaired) electrons. The van der Waals surface area contributed by atoms with Gasteiger partial charge in [-0.2, -0.15) is 5.10 Å². The van der Waals surface area contributed by atoms with Crippen LogP contribution < -0.4 is 11.1 Å². The number of anilines is 1. The van der Waals surface area contributed by atoms with Crippen LogP contribution in [0.25, 0.3) is 34.3 Å². The van der Waals surface area contributed by atoms with E-state index in [2.05, 4.69) is 55.8 Å². The van der Waals surface area contributed by atoms with Crippen LogP contribution in [0.5, 0.6) is 0 Å². The lowest BCUT2D eigenvalue weighted by Crippen LogP contribution is -2.33. The highest BCUT2D eigenvalue weighted by molar-refractivity contribution is 5.91. The summed E-state index contributed by atoms with van der Waals surface area (Å²) < 4.78 is 5.81. The topological polar surface area (TPSA) is 102 Å². The summed E-state index contributed by atoms with van der Waals surface area (Å²) in [5, 5.41) is 12.0. The number of H-pyrrole nitrogens is 1. The molecular weight excluding hydrogens is 376 g/mol. The second-order valence-electron chi connectivity index (χ2n) is 7.23. The van der Waals surface area contributed by atoms with Gasteiger partial charge in [0.05, 0.1) is 29.6 Å². The first kappa shape index (κ1) is 18.5. The minimum Gasteiger partial charge on any atom is -0.371 e. The Morgan fingerprint density at radius 1 is 1.07 bits per heavy atom. The van der Waals surface area contributed by atoms with Crippen LogP contribution >= 0.6 is 0 Å². The Hall–Kier alpha value is -3.55. The van der Waals surface area contributed by atoms with Gasteiger partial charge in [-0.25, -0.2) is 9.97 Å². The zero-order valence-electron chi connectivity index (χ0n) is 16.4. The quantitative estimate of drug-likeness (QED) is 0.487. The molecule has 7 nitrogen and oxygen atoms in total. The van der Waals surface area contributed by atoms with Crippen molar-refractivity contribution in [2.75, 3.05) is 25.4 Å². The first-order valence-electron chi connectivity index (χ1n) is 9.94. The van der Waals surface area contributed by atoms with Crippen molar-refractivity contribution < 1.29 is 4.74 Å². The third-order valence-corrected chi connectivity index (χ3v) is 5.23. The molecule has 1 unspecified atom stereocenters. The summed E-state index contributed by atoms with van der Waals surface area (Å²) in [4.78, 5) is 8.22. The molecule has 5 rings (SSSR count). The number of benzene rings is 2. The van der Waals surface area contributed by atoms with Gasteiger partial charge in [0.25, 0.3) is 0 Å². The molecule has 30 heavy (non-hydrogen) atoms. The van der Waals surface area contributed by atoms with Crippen molar-refractivity contribution in [3.05, 3.63) is 71.5 Å². The molecule has 1 atom stereocenters. The highest BCUT2D eigenvalue weighted by Crippen LogP contribution is 2.25. The van der Waals surface area contributed by atoms with E-state index in [0.717, 1.165) is 53.1 Å². The summed E-state index contributed by atoms with van der Waals surface area (Å²) in [6, 6.07) is 16.4. The van der Waals surface area contributed by atoms with Gasteiger partial charge in [-0.15, -0.1) is 0 Å². The van der Waals surface area contributed by atoms with E-state index in [-0.39, 0.29) is 12.1 Å². The third-order valence-electron chi connectivity index (χ3n) is 5.23. The Labute approximate surface area is 174 Å². The number of hydrogen-bond donors (Lipinski definition) is 3. The number of ether oxygens (including phenoxy) is 1. The molecule has 0 amide bonds. The molecule has 1 aliphatic heterocycles. The normalized spacial score (nSPS) is 17.0. The van der Waals surface area contributed by atoms with Gasteiger partial charge < -0.3 is 15.8 Å². The number of aromatic nitrogens is 4. The van der Waals surface area contributed by atoms with Gasteiger partial charge >= 0.3 is 0 Å². The van der Waals surface area contributed by atoms with E-state index in [4.69, 9.17) is 10.5 Å². The zero-order chi connectivity index (χ0) is 20.3. The maximum absolute atomic E-state index is 5.81. The predicted molar refractivity (Wildman–Crippen MR) is 118 cm³/mol. The van der Waals surface area contributed by atoms with E-state index in [1.807, 2.05) is 30.3 Å². The molecule has 3 heterocycles. The molecule has 0 bridgehead atoms. The maximum Gasteiger partial charge on any atom is 0.220 e. The van der Waals surface area contributed by atoms with Gasteiger partial charge in [0.1, 0.15) is 0 Å². The molecule has 4 aromatic rings. The second kappa shape index (κ2) is 8.06. The fraction of sp³-hybridized carbons (Fsp3) is 0.174. The third kappa shape index (κ3) is 3.80. The highest BCUT2D eigenvalue weighted by atomic mass is 16.5. The van der Waals surface area contributed by atoms with Crippen molar-refractivity contribution in [3.8, 4) is 11.3 Å². The van der Waals surface area contributed by atoms with Crippen molar-refractivity contribution in [3.63, 3.8) is 0 Å². The Kier molecular flexibility index (Phi) is 4.96. The van der Waals surface area contributed by atoms with Crippen LogP contribution in [0, 0.1) is 0 Å². The molecule has 7 heteroatoms. The van der Waals surface area contributed by atoms with Crippen LogP contribution in [-0.4, -0.2) is 39.9 Å². The van der Waals surface area contributed by atoms with Crippen LogP contribution in [-0.2, 0) is 4.74 Å². The Morgan fingerprint density at radius 3 is 2.77 bits per heavy atom. The fourth-order valence-corrected chi connectivity index (χ4v) is 3.64. The lowest BCUT2D eigenvalue weighted by atomic mass is 10.0. The minimum absolute atomic E-state index is 0.131. The van der Waals surface area contributed by atoms with Gasteiger partial charge in [0, 0.05) is 30.2 Å². The summed E-state index contributed by atoms with van der Waals surface area (Å²) in [6.07, 6.45) is 5.88. The maximum atomic E-state index is 5.81. The molecule has 4 N–H and O–H groups in total. The van der Waals surface area contributed by atoms with Crippen LogP contribution in [0.4, 0.5) is 5.95 Å². The Bertz CT molecular complexity index is 1190. The van der Waals surface area contributed by atoms with Gasteiger partial charge in [-0.1, -0.05) is 36.4 Å². The zero-order valence-corrected chi connectivity index (χ0v) is 16.4. The van der Waals surface area contributed by atoms with Crippen molar-refractivity contribution in [1.82, 2.24) is 25.5 Å². The largest absolute Gasteiger partial charge is 0.371 e. The number of nitrogens with one attached hydrogen (secondary N) is 2. The van der Waals surface area contributed by atoms with Crippen molar-refractivity contribution in [1.29, 1.82) is 0 Å². The molecule has 0 aliphatic carbocycles. The number of rotatable bonds is 4. The van der Waals surface area contributed by atoms with Crippen molar-refractivity contribution >= 4 is 29.0 Å². The monoisotopic (exact) mass is 398 g/mol. The molecule has 2 aromatic carbocycles. The summed E-state index contributed by atoms with van der Waals surface area (Å²) in [5.41, 5.74) is 11.6. The number of hydrogen-bond acceptors (Lipinski definition) is 6. The lowest BCUT2D eigenvalue weighted by Gasteiger charge is -2.23. The first-order valence-corrected chi connectivity index (χ1v) is 9.94. The van der Waals surface area contributed by atoms with E-state index < -0.39 is 0 Å².